The van der Waals surface area contributed by atoms with Gasteiger partial charge < -0.3 is 15.4 Å². The molecule has 0 bridgehead atoms. The highest BCUT2D eigenvalue weighted by Gasteiger charge is 2.33. The lowest BCUT2D eigenvalue weighted by atomic mass is 10.2. The van der Waals surface area contributed by atoms with Crippen LogP contribution in [0.2, 0.25) is 0 Å². The third kappa shape index (κ3) is 7.53. The van der Waals surface area contributed by atoms with E-state index in [1.54, 1.807) is 11.8 Å². The summed E-state index contributed by atoms with van der Waals surface area (Å²) in [6.45, 7) is 1.96. The molecule has 8 nitrogen and oxygen atoms in total. The van der Waals surface area contributed by atoms with Crippen molar-refractivity contribution in [1.82, 2.24) is 19.2 Å². The SMILES string of the molecule is Cc1nsc(Nc2cnc(C(F)(F)F)cn2)c1C(=O)Nc1ccc(F)c(O[C@H]2CCN(CCC(F)(F)F)C2)c1. The van der Waals surface area contributed by atoms with Crippen LogP contribution in [0.1, 0.15) is 34.6 Å². The molecule has 0 saturated carbocycles. The molecular weight excluding hydrogens is 557 g/mol. The topological polar surface area (TPSA) is 92.3 Å². The predicted octanol–water partition coefficient (Wildman–Crippen LogP) is 5.80. The Labute approximate surface area is 221 Å². The highest BCUT2D eigenvalue weighted by Crippen LogP contribution is 2.31. The van der Waals surface area contributed by atoms with Crippen molar-refractivity contribution in [2.45, 2.75) is 38.2 Å². The molecule has 1 atom stereocenters. The summed E-state index contributed by atoms with van der Waals surface area (Å²) in [5.74, 6) is -1.56. The van der Waals surface area contributed by atoms with Gasteiger partial charge in [-0.2, -0.15) is 30.7 Å². The molecule has 16 heteroatoms. The van der Waals surface area contributed by atoms with E-state index in [9.17, 15) is 35.5 Å². The molecule has 3 heterocycles. The quantitative estimate of drug-likeness (QED) is 0.327. The van der Waals surface area contributed by atoms with Crippen LogP contribution < -0.4 is 15.4 Å². The number of alkyl halides is 6. The van der Waals surface area contributed by atoms with Crippen molar-refractivity contribution in [2.75, 3.05) is 30.3 Å². The molecule has 1 aliphatic rings. The standard InChI is InChI=1S/C23H21F7N6O2S/c1-12-19(21(39-35-12)34-18-10-31-17(9-32-18)23(28,29)30)20(37)33-13-2-3-15(24)16(8-13)38-14-4-6-36(11-14)7-5-22(25,26)27/h2-3,8-10,14H,4-7,11H2,1H3,(H,32,34)(H,33,37)/t14-/m0/s1. The summed E-state index contributed by atoms with van der Waals surface area (Å²) < 4.78 is 99.8. The Balaban J connectivity index is 1.41. The number of nitrogens with one attached hydrogen (secondary N) is 2. The van der Waals surface area contributed by atoms with Crippen molar-refractivity contribution < 1.29 is 40.3 Å². The molecule has 1 fully saturated rings. The first-order chi connectivity index (χ1) is 18.3. The average molecular weight is 579 g/mol. The molecule has 0 spiro atoms. The monoisotopic (exact) mass is 578 g/mol. The minimum atomic E-state index is -4.65. The second-order valence-corrected chi connectivity index (χ2v) is 9.45. The first-order valence-electron chi connectivity index (χ1n) is 11.5. The molecule has 4 rings (SSSR count). The van der Waals surface area contributed by atoms with Gasteiger partial charge in [-0.1, -0.05) is 0 Å². The number of anilines is 3. The average Bonchev–Trinajstić information content (AvgIpc) is 3.45. The van der Waals surface area contributed by atoms with Crippen LogP contribution in [-0.4, -0.2) is 57.1 Å². The van der Waals surface area contributed by atoms with Gasteiger partial charge in [-0.25, -0.2) is 14.4 Å². The molecule has 210 valence electrons. The molecule has 3 aromatic rings. The van der Waals surface area contributed by atoms with E-state index in [0.717, 1.165) is 23.8 Å². The molecule has 0 aliphatic carbocycles. The summed E-state index contributed by atoms with van der Waals surface area (Å²) in [5.41, 5.74) is -0.588. The summed E-state index contributed by atoms with van der Waals surface area (Å²) in [6, 6.07) is 3.64. The Kier molecular flexibility index (Phi) is 8.25. The molecule has 1 aromatic carbocycles. The van der Waals surface area contributed by atoms with Crippen molar-refractivity contribution >= 4 is 33.9 Å². The van der Waals surface area contributed by atoms with Gasteiger partial charge >= 0.3 is 12.4 Å². The molecule has 0 radical (unpaired) electrons. The predicted molar refractivity (Wildman–Crippen MR) is 128 cm³/mol. The van der Waals surface area contributed by atoms with E-state index in [2.05, 4.69) is 25.0 Å². The zero-order chi connectivity index (χ0) is 28.4. The zero-order valence-corrected chi connectivity index (χ0v) is 21.0. The fourth-order valence-corrected chi connectivity index (χ4v) is 4.61. The number of aromatic nitrogens is 3. The maximum Gasteiger partial charge on any atom is 0.434 e. The second kappa shape index (κ2) is 11.3. The minimum Gasteiger partial charge on any atom is -0.486 e. The van der Waals surface area contributed by atoms with Crippen molar-refractivity contribution in [1.29, 1.82) is 0 Å². The van der Waals surface area contributed by atoms with Crippen LogP contribution in [0.15, 0.2) is 30.6 Å². The van der Waals surface area contributed by atoms with Gasteiger partial charge in [0, 0.05) is 31.4 Å². The van der Waals surface area contributed by atoms with Gasteiger partial charge in [-0.15, -0.1) is 0 Å². The Morgan fingerprint density at radius 3 is 2.62 bits per heavy atom. The van der Waals surface area contributed by atoms with Gasteiger partial charge in [0.05, 0.1) is 30.1 Å². The molecular formula is C23H21F7N6O2S. The number of hydrogen-bond acceptors (Lipinski definition) is 8. The Morgan fingerprint density at radius 1 is 1.18 bits per heavy atom. The highest BCUT2D eigenvalue weighted by atomic mass is 32.1. The number of likely N-dealkylation sites (tertiary alicyclic amines) is 1. The number of halogens is 7. The third-order valence-electron chi connectivity index (χ3n) is 5.70. The molecule has 1 amide bonds. The molecule has 0 unspecified atom stereocenters. The lowest BCUT2D eigenvalue weighted by Gasteiger charge is -2.18. The fraction of sp³-hybridized carbons (Fsp3) is 0.391. The van der Waals surface area contributed by atoms with Crippen molar-refractivity contribution in [3.63, 3.8) is 0 Å². The number of carbonyl (C=O) groups excluding carboxylic acids is 1. The number of hydrogen-bond donors (Lipinski definition) is 2. The fourth-order valence-electron chi connectivity index (χ4n) is 3.80. The summed E-state index contributed by atoms with van der Waals surface area (Å²) in [7, 11) is 0. The number of nitrogens with zero attached hydrogens (tertiary/aromatic N) is 4. The molecule has 2 N–H and O–H groups in total. The van der Waals surface area contributed by atoms with Crippen LogP contribution in [0.4, 0.5) is 47.2 Å². The summed E-state index contributed by atoms with van der Waals surface area (Å²) in [5, 5.41) is 5.52. The number of amides is 1. The number of carbonyl (C=O) groups is 1. The molecule has 2 aromatic heterocycles. The Bertz CT molecular complexity index is 1310. The van der Waals surface area contributed by atoms with Crippen LogP contribution in [0.3, 0.4) is 0 Å². The van der Waals surface area contributed by atoms with Crippen LogP contribution in [-0.2, 0) is 6.18 Å². The molecule has 1 saturated heterocycles. The maximum atomic E-state index is 14.4. The van der Waals surface area contributed by atoms with E-state index in [1.165, 1.54) is 12.1 Å². The summed E-state index contributed by atoms with van der Waals surface area (Å²) in [6.07, 6.45) is -8.56. The van der Waals surface area contributed by atoms with E-state index < -0.39 is 42.3 Å². The Hall–Kier alpha value is -3.53. The highest BCUT2D eigenvalue weighted by molar-refractivity contribution is 7.10. The third-order valence-corrected chi connectivity index (χ3v) is 6.55. The van der Waals surface area contributed by atoms with Gasteiger partial charge in [0.15, 0.2) is 17.3 Å². The second-order valence-electron chi connectivity index (χ2n) is 8.68. The number of rotatable bonds is 8. The number of aryl methyl sites for hydroxylation is 1. The van der Waals surface area contributed by atoms with E-state index in [4.69, 9.17) is 4.74 Å². The number of ether oxygens (including phenoxy) is 1. The lowest BCUT2D eigenvalue weighted by Crippen LogP contribution is -2.28. The Morgan fingerprint density at radius 2 is 1.95 bits per heavy atom. The van der Waals surface area contributed by atoms with Crippen molar-refractivity contribution in [2.24, 2.45) is 0 Å². The molecule has 1 aliphatic heterocycles. The van der Waals surface area contributed by atoms with E-state index in [1.807, 2.05) is 0 Å². The normalized spacial score (nSPS) is 16.4. The minimum absolute atomic E-state index is 0.0426. The van der Waals surface area contributed by atoms with Crippen LogP contribution in [0, 0.1) is 12.7 Å². The smallest absolute Gasteiger partial charge is 0.434 e. The van der Waals surface area contributed by atoms with Crippen LogP contribution in [0.25, 0.3) is 0 Å². The van der Waals surface area contributed by atoms with Gasteiger partial charge in [-0.3, -0.25) is 9.69 Å². The molecule has 39 heavy (non-hydrogen) atoms. The van der Waals surface area contributed by atoms with Crippen molar-refractivity contribution in [3.8, 4) is 5.75 Å². The largest absolute Gasteiger partial charge is 0.486 e. The van der Waals surface area contributed by atoms with Crippen LogP contribution >= 0.6 is 11.5 Å². The summed E-state index contributed by atoms with van der Waals surface area (Å²) in [4.78, 5) is 21.6. The first kappa shape index (κ1) is 28.5. The van der Waals surface area contributed by atoms with E-state index in [-0.39, 0.29) is 40.9 Å². The van der Waals surface area contributed by atoms with Gasteiger partial charge in [0.1, 0.15) is 16.9 Å². The van der Waals surface area contributed by atoms with Crippen LogP contribution in [0.5, 0.6) is 5.75 Å². The lowest BCUT2D eigenvalue weighted by molar-refractivity contribution is -0.141. The maximum absolute atomic E-state index is 14.4. The zero-order valence-electron chi connectivity index (χ0n) is 20.2. The number of benzene rings is 1. The van der Waals surface area contributed by atoms with Gasteiger partial charge in [0.2, 0.25) is 0 Å². The van der Waals surface area contributed by atoms with Gasteiger partial charge in [0.25, 0.3) is 5.91 Å². The first-order valence-corrected chi connectivity index (χ1v) is 12.2. The van der Waals surface area contributed by atoms with E-state index in [0.29, 0.717) is 24.9 Å². The van der Waals surface area contributed by atoms with E-state index >= 15 is 0 Å². The van der Waals surface area contributed by atoms with Crippen molar-refractivity contribution in [3.05, 3.63) is 53.4 Å². The summed E-state index contributed by atoms with van der Waals surface area (Å²) >= 11 is 0.880. The van der Waals surface area contributed by atoms with Gasteiger partial charge in [-0.05, 0) is 37.0 Å².